The number of rotatable bonds is 2. The van der Waals surface area contributed by atoms with Crippen LogP contribution in [0.4, 0.5) is 4.79 Å². The van der Waals surface area contributed by atoms with E-state index in [2.05, 4.69) is 5.32 Å². The number of imide groups is 1. The summed E-state index contributed by atoms with van der Waals surface area (Å²) in [7, 11) is 0. The molecule has 0 radical (unpaired) electrons. The van der Waals surface area contributed by atoms with Crippen LogP contribution in [0.1, 0.15) is 13.8 Å². The first-order valence-electron chi connectivity index (χ1n) is 5.00. The third-order valence-electron chi connectivity index (χ3n) is 2.33. The number of carbonyl (C=O) groups excluding carboxylic acids is 2. The Balaban J connectivity index is 2.17. The van der Waals surface area contributed by atoms with E-state index in [4.69, 9.17) is 11.6 Å². The van der Waals surface area contributed by atoms with E-state index in [0.29, 0.717) is 5.02 Å². The Hall–Kier alpha value is -1.20. The van der Waals surface area contributed by atoms with Gasteiger partial charge >= 0.3 is 6.03 Å². The summed E-state index contributed by atoms with van der Waals surface area (Å²) >= 11 is 6.85. The Morgan fingerprint density at radius 1 is 1.24 bits per heavy atom. The van der Waals surface area contributed by atoms with Gasteiger partial charge in [-0.2, -0.15) is 4.31 Å². The summed E-state index contributed by atoms with van der Waals surface area (Å²) in [6.07, 6.45) is 0. The molecule has 4 nitrogen and oxygen atoms in total. The number of hydrogen-bond acceptors (Lipinski definition) is 3. The van der Waals surface area contributed by atoms with Crippen molar-refractivity contribution < 1.29 is 9.59 Å². The number of carbonyl (C=O) groups is 2. The minimum atomic E-state index is -0.837. The molecule has 2 rings (SSSR count). The molecule has 1 aromatic rings. The maximum atomic E-state index is 11.9. The summed E-state index contributed by atoms with van der Waals surface area (Å²) in [6, 6.07) is 6.57. The second kappa shape index (κ2) is 4.23. The van der Waals surface area contributed by atoms with E-state index < -0.39 is 5.54 Å². The summed E-state index contributed by atoms with van der Waals surface area (Å²) < 4.78 is 1.13. The van der Waals surface area contributed by atoms with Gasteiger partial charge in [-0.05, 0) is 50.1 Å². The van der Waals surface area contributed by atoms with Gasteiger partial charge in [-0.1, -0.05) is 11.6 Å². The van der Waals surface area contributed by atoms with E-state index in [1.165, 1.54) is 0 Å². The molecule has 1 saturated heterocycles. The van der Waals surface area contributed by atoms with E-state index >= 15 is 0 Å². The molecule has 0 saturated carbocycles. The zero-order chi connectivity index (χ0) is 12.6. The number of benzene rings is 1. The van der Waals surface area contributed by atoms with Crippen LogP contribution in [-0.2, 0) is 4.79 Å². The van der Waals surface area contributed by atoms with Gasteiger partial charge < -0.3 is 5.32 Å². The summed E-state index contributed by atoms with van der Waals surface area (Å²) in [6.45, 7) is 3.35. The predicted octanol–water partition coefficient (Wildman–Crippen LogP) is 2.68. The van der Waals surface area contributed by atoms with Crippen LogP contribution in [0.25, 0.3) is 0 Å². The summed E-state index contributed by atoms with van der Waals surface area (Å²) in [5.74, 6) is -0.248. The van der Waals surface area contributed by atoms with Gasteiger partial charge in [0.1, 0.15) is 5.54 Å². The normalized spacial score (nSPS) is 18.4. The maximum Gasteiger partial charge on any atom is 0.335 e. The standard InChI is InChI=1S/C11H11ClN2O2S/c1-11(2)9(15)14(10(16)13-11)17-8-5-3-7(12)4-6-8/h3-6H,1-2H3,(H,13,16). The fourth-order valence-electron chi connectivity index (χ4n) is 1.40. The Morgan fingerprint density at radius 2 is 1.82 bits per heavy atom. The molecule has 0 atom stereocenters. The first-order valence-corrected chi connectivity index (χ1v) is 6.15. The zero-order valence-corrected chi connectivity index (χ0v) is 10.9. The van der Waals surface area contributed by atoms with Crippen LogP contribution in [0.2, 0.25) is 5.02 Å². The lowest BCUT2D eigenvalue weighted by Crippen LogP contribution is -2.39. The van der Waals surface area contributed by atoms with Gasteiger partial charge in [-0.3, -0.25) is 4.79 Å². The van der Waals surface area contributed by atoms with E-state index in [1.807, 2.05) is 0 Å². The molecule has 17 heavy (non-hydrogen) atoms. The number of nitrogens with zero attached hydrogens (tertiary/aromatic N) is 1. The molecule has 1 heterocycles. The smallest absolute Gasteiger partial charge is 0.323 e. The van der Waals surface area contributed by atoms with E-state index in [-0.39, 0.29) is 11.9 Å². The molecule has 1 aliphatic rings. The van der Waals surface area contributed by atoms with E-state index in [1.54, 1.807) is 38.1 Å². The van der Waals surface area contributed by atoms with Gasteiger partial charge in [-0.25, -0.2) is 4.79 Å². The molecule has 0 bridgehead atoms. The Morgan fingerprint density at radius 3 is 2.29 bits per heavy atom. The minimum Gasteiger partial charge on any atom is -0.323 e. The fourth-order valence-corrected chi connectivity index (χ4v) is 2.44. The van der Waals surface area contributed by atoms with Crippen molar-refractivity contribution in [3.63, 3.8) is 0 Å². The Bertz CT molecular complexity index is 473. The molecular formula is C11H11ClN2O2S. The molecule has 0 aromatic heterocycles. The zero-order valence-electron chi connectivity index (χ0n) is 9.36. The monoisotopic (exact) mass is 270 g/mol. The highest BCUT2D eigenvalue weighted by Crippen LogP contribution is 2.30. The molecule has 0 unspecified atom stereocenters. The van der Waals surface area contributed by atoms with Gasteiger partial charge in [0, 0.05) is 9.92 Å². The van der Waals surface area contributed by atoms with Crippen LogP contribution in [-0.4, -0.2) is 21.8 Å². The molecule has 1 aliphatic heterocycles. The lowest BCUT2D eigenvalue weighted by molar-refractivity contribution is -0.126. The molecule has 0 aliphatic carbocycles. The van der Waals surface area contributed by atoms with Crippen molar-refractivity contribution in [1.82, 2.24) is 9.62 Å². The van der Waals surface area contributed by atoms with Gasteiger partial charge in [0.15, 0.2) is 0 Å². The third kappa shape index (κ3) is 2.40. The van der Waals surface area contributed by atoms with Crippen molar-refractivity contribution >= 4 is 35.5 Å². The molecule has 1 N–H and O–H groups in total. The highest BCUT2D eigenvalue weighted by atomic mass is 35.5. The van der Waals surface area contributed by atoms with Gasteiger partial charge in [0.05, 0.1) is 0 Å². The number of urea groups is 1. The second-order valence-electron chi connectivity index (χ2n) is 4.20. The largest absolute Gasteiger partial charge is 0.335 e. The first kappa shape index (κ1) is 12.3. The molecule has 0 spiro atoms. The van der Waals surface area contributed by atoms with Crippen molar-refractivity contribution in [3.8, 4) is 0 Å². The van der Waals surface area contributed by atoms with Gasteiger partial charge in [0.25, 0.3) is 5.91 Å². The van der Waals surface area contributed by atoms with Gasteiger partial charge in [0.2, 0.25) is 0 Å². The lowest BCUT2D eigenvalue weighted by Gasteiger charge is -2.14. The second-order valence-corrected chi connectivity index (χ2v) is 5.66. The summed E-state index contributed by atoms with van der Waals surface area (Å²) in [5.41, 5.74) is -0.837. The third-order valence-corrected chi connectivity index (χ3v) is 3.58. The number of halogens is 1. The van der Waals surface area contributed by atoms with Crippen LogP contribution >= 0.6 is 23.5 Å². The van der Waals surface area contributed by atoms with Crippen LogP contribution in [0.15, 0.2) is 29.2 Å². The molecular weight excluding hydrogens is 260 g/mol. The number of hydrogen-bond donors (Lipinski definition) is 1. The summed E-state index contributed by atoms with van der Waals surface area (Å²) in [4.78, 5) is 24.3. The molecule has 1 fully saturated rings. The number of nitrogens with one attached hydrogen (secondary N) is 1. The van der Waals surface area contributed by atoms with Crippen molar-refractivity contribution in [2.45, 2.75) is 24.3 Å². The van der Waals surface area contributed by atoms with Crippen molar-refractivity contribution in [1.29, 1.82) is 0 Å². The van der Waals surface area contributed by atoms with Crippen molar-refractivity contribution in [2.75, 3.05) is 0 Å². The molecule has 1 aromatic carbocycles. The van der Waals surface area contributed by atoms with E-state index in [9.17, 15) is 9.59 Å². The SMILES string of the molecule is CC1(C)NC(=O)N(Sc2ccc(Cl)cc2)C1=O. The van der Waals surface area contributed by atoms with Gasteiger partial charge in [-0.15, -0.1) is 0 Å². The van der Waals surface area contributed by atoms with Crippen LogP contribution in [0.5, 0.6) is 0 Å². The highest BCUT2D eigenvalue weighted by Gasteiger charge is 2.45. The maximum absolute atomic E-state index is 11.9. The highest BCUT2D eigenvalue weighted by molar-refractivity contribution is 7.98. The molecule has 6 heteroatoms. The molecule has 90 valence electrons. The Labute approximate surface area is 108 Å². The van der Waals surface area contributed by atoms with E-state index in [0.717, 1.165) is 21.1 Å². The van der Waals surface area contributed by atoms with Crippen LogP contribution in [0, 0.1) is 0 Å². The summed E-state index contributed by atoms with van der Waals surface area (Å²) in [5, 5.41) is 3.23. The van der Waals surface area contributed by atoms with Crippen molar-refractivity contribution in [2.24, 2.45) is 0 Å². The Kier molecular flexibility index (Phi) is 3.05. The average Bonchev–Trinajstić information content (AvgIpc) is 2.44. The number of amides is 3. The minimum absolute atomic E-state index is 0.248. The lowest BCUT2D eigenvalue weighted by atomic mass is 10.1. The average molecular weight is 271 g/mol. The predicted molar refractivity (Wildman–Crippen MR) is 66.8 cm³/mol. The molecule has 3 amide bonds. The fraction of sp³-hybridized carbons (Fsp3) is 0.273. The van der Waals surface area contributed by atoms with Crippen LogP contribution in [0.3, 0.4) is 0 Å². The van der Waals surface area contributed by atoms with Crippen molar-refractivity contribution in [3.05, 3.63) is 29.3 Å². The topological polar surface area (TPSA) is 49.4 Å². The van der Waals surface area contributed by atoms with Crippen LogP contribution < -0.4 is 5.32 Å². The first-order chi connectivity index (χ1) is 7.90. The quantitative estimate of drug-likeness (QED) is 0.664.